The predicted molar refractivity (Wildman–Crippen MR) is 70.5 cm³/mol. The second kappa shape index (κ2) is 5.52. The summed E-state index contributed by atoms with van der Waals surface area (Å²) < 4.78 is 0. The van der Waals surface area contributed by atoms with Gasteiger partial charge in [-0.2, -0.15) is 0 Å². The van der Waals surface area contributed by atoms with Gasteiger partial charge in [0.2, 0.25) is 5.91 Å². The number of carbonyl (C=O) groups excluding carboxylic acids is 1. The van der Waals surface area contributed by atoms with Crippen LogP contribution in [0.4, 0.5) is 5.69 Å². The summed E-state index contributed by atoms with van der Waals surface area (Å²) >= 11 is 6.01. The molecule has 1 aromatic carbocycles. The van der Waals surface area contributed by atoms with Gasteiger partial charge in [-0.05, 0) is 50.6 Å². The first-order chi connectivity index (χ1) is 8.15. The zero-order valence-electron chi connectivity index (χ0n) is 10.0. The third-order valence-electron chi connectivity index (χ3n) is 3.02. The first-order valence-electron chi connectivity index (χ1n) is 5.93. The second-order valence-electron chi connectivity index (χ2n) is 4.50. The van der Waals surface area contributed by atoms with Crippen molar-refractivity contribution in [1.82, 2.24) is 4.90 Å². The van der Waals surface area contributed by atoms with Gasteiger partial charge in [0.05, 0.1) is 6.54 Å². The second-order valence-corrected chi connectivity index (χ2v) is 4.90. The van der Waals surface area contributed by atoms with Crippen molar-refractivity contribution >= 4 is 23.2 Å². The molecule has 0 radical (unpaired) electrons. The first kappa shape index (κ1) is 12.4. The van der Waals surface area contributed by atoms with Crippen LogP contribution in [0, 0.1) is 6.92 Å². The van der Waals surface area contributed by atoms with Gasteiger partial charge in [0.1, 0.15) is 0 Å². The molecule has 17 heavy (non-hydrogen) atoms. The maximum absolute atomic E-state index is 11.8. The Balaban J connectivity index is 1.90. The third-order valence-corrected chi connectivity index (χ3v) is 3.43. The van der Waals surface area contributed by atoms with E-state index in [1.54, 1.807) is 6.07 Å². The fourth-order valence-corrected chi connectivity index (χ4v) is 2.20. The quantitative estimate of drug-likeness (QED) is 0.897. The summed E-state index contributed by atoms with van der Waals surface area (Å²) in [7, 11) is 0. The summed E-state index contributed by atoms with van der Waals surface area (Å²) in [6, 6.07) is 5.58. The number of carbonyl (C=O) groups is 1. The molecule has 92 valence electrons. The number of hydrogen-bond donors (Lipinski definition) is 1. The Morgan fingerprint density at radius 1 is 1.41 bits per heavy atom. The van der Waals surface area contributed by atoms with Crippen LogP contribution >= 0.6 is 11.6 Å². The molecule has 1 amide bonds. The largest absolute Gasteiger partial charge is 0.325 e. The fourth-order valence-electron chi connectivity index (χ4n) is 2.01. The minimum Gasteiger partial charge on any atom is -0.325 e. The van der Waals surface area contributed by atoms with Crippen molar-refractivity contribution in [1.29, 1.82) is 0 Å². The van der Waals surface area contributed by atoms with Gasteiger partial charge < -0.3 is 5.32 Å². The number of hydrogen-bond acceptors (Lipinski definition) is 2. The van der Waals surface area contributed by atoms with Gasteiger partial charge in [0, 0.05) is 10.7 Å². The van der Waals surface area contributed by atoms with Gasteiger partial charge >= 0.3 is 0 Å². The van der Waals surface area contributed by atoms with Gasteiger partial charge in [-0.3, -0.25) is 9.69 Å². The van der Waals surface area contributed by atoms with Crippen LogP contribution in [0.3, 0.4) is 0 Å². The molecule has 1 aromatic rings. The van der Waals surface area contributed by atoms with E-state index in [1.807, 2.05) is 19.1 Å². The van der Waals surface area contributed by atoms with E-state index in [-0.39, 0.29) is 5.91 Å². The maximum atomic E-state index is 11.8. The Morgan fingerprint density at radius 3 is 2.76 bits per heavy atom. The van der Waals surface area contributed by atoms with Crippen molar-refractivity contribution in [3.05, 3.63) is 28.8 Å². The Bertz CT molecular complexity index is 414. The van der Waals surface area contributed by atoms with Crippen LogP contribution in [0.2, 0.25) is 5.02 Å². The lowest BCUT2D eigenvalue weighted by molar-refractivity contribution is -0.117. The van der Waals surface area contributed by atoms with Gasteiger partial charge in [-0.15, -0.1) is 0 Å². The molecule has 1 fully saturated rings. The highest BCUT2D eigenvalue weighted by Crippen LogP contribution is 2.20. The molecule has 1 heterocycles. The SMILES string of the molecule is Cc1ccc(NC(=O)CN2CCCC2)cc1Cl. The number of rotatable bonds is 3. The average molecular weight is 253 g/mol. The molecule has 3 nitrogen and oxygen atoms in total. The summed E-state index contributed by atoms with van der Waals surface area (Å²) in [6.45, 7) is 4.48. The number of nitrogens with one attached hydrogen (secondary N) is 1. The van der Waals surface area contributed by atoms with E-state index < -0.39 is 0 Å². The Hall–Kier alpha value is -1.06. The maximum Gasteiger partial charge on any atom is 0.238 e. The minimum absolute atomic E-state index is 0.0341. The van der Waals surface area contributed by atoms with E-state index in [9.17, 15) is 4.79 Å². The number of aryl methyl sites for hydroxylation is 1. The minimum atomic E-state index is 0.0341. The van der Waals surface area contributed by atoms with Gasteiger partial charge in [-0.25, -0.2) is 0 Å². The zero-order valence-corrected chi connectivity index (χ0v) is 10.8. The molecule has 0 atom stereocenters. The molecule has 0 bridgehead atoms. The molecule has 1 N–H and O–H groups in total. The van der Waals surface area contributed by atoms with Crippen LogP contribution in [0.15, 0.2) is 18.2 Å². The molecular weight excluding hydrogens is 236 g/mol. The van der Waals surface area contributed by atoms with Crippen molar-refractivity contribution in [3.8, 4) is 0 Å². The van der Waals surface area contributed by atoms with Crippen LogP contribution < -0.4 is 5.32 Å². The van der Waals surface area contributed by atoms with Crippen molar-refractivity contribution in [2.24, 2.45) is 0 Å². The van der Waals surface area contributed by atoms with Crippen molar-refractivity contribution in [2.45, 2.75) is 19.8 Å². The topological polar surface area (TPSA) is 32.3 Å². The van der Waals surface area contributed by atoms with E-state index in [2.05, 4.69) is 10.2 Å². The molecule has 1 aliphatic heterocycles. The molecule has 1 aliphatic rings. The highest BCUT2D eigenvalue weighted by atomic mass is 35.5. The summed E-state index contributed by atoms with van der Waals surface area (Å²) in [5.41, 5.74) is 1.79. The Morgan fingerprint density at radius 2 is 2.12 bits per heavy atom. The van der Waals surface area contributed by atoms with Gasteiger partial charge in [-0.1, -0.05) is 17.7 Å². The lowest BCUT2D eigenvalue weighted by Gasteiger charge is -2.14. The van der Waals surface area contributed by atoms with Crippen molar-refractivity contribution in [2.75, 3.05) is 25.0 Å². The monoisotopic (exact) mass is 252 g/mol. The van der Waals surface area contributed by atoms with Gasteiger partial charge in [0.25, 0.3) is 0 Å². The van der Waals surface area contributed by atoms with E-state index >= 15 is 0 Å². The van der Waals surface area contributed by atoms with Gasteiger partial charge in [0.15, 0.2) is 0 Å². The van der Waals surface area contributed by atoms with Crippen molar-refractivity contribution in [3.63, 3.8) is 0 Å². The van der Waals surface area contributed by atoms with E-state index in [4.69, 9.17) is 11.6 Å². The number of likely N-dealkylation sites (tertiary alicyclic amines) is 1. The average Bonchev–Trinajstić information content (AvgIpc) is 2.76. The fraction of sp³-hybridized carbons (Fsp3) is 0.462. The Kier molecular flexibility index (Phi) is 4.02. The normalized spacial score (nSPS) is 16.1. The highest BCUT2D eigenvalue weighted by Gasteiger charge is 2.15. The molecule has 0 spiro atoms. The Labute approximate surface area is 107 Å². The molecule has 2 rings (SSSR count). The number of nitrogens with zero attached hydrogens (tertiary/aromatic N) is 1. The van der Waals surface area contributed by atoms with E-state index in [1.165, 1.54) is 12.8 Å². The molecule has 0 unspecified atom stereocenters. The third kappa shape index (κ3) is 3.45. The van der Waals surface area contributed by atoms with Crippen LogP contribution in [0.5, 0.6) is 0 Å². The van der Waals surface area contributed by atoms with E-state index in [0.717, 1.165) is 24.3 Å². The standard InChI is InChI=1S/C13H17ClN2O/c1-10-4-5-11(8-12(10)14)15-13(17)9-16-6-2-3-7-16/h4-5,8H,2-3,6-7,9H2,1H3,(H,15,17). The predicted octanol–water partition coefficient (Wildman–Crippen LogP) is 2.68. The number of halogens is 1. The molecule has 0 saturated carbocycles. The molecule has 0 aliphatic carbocycles. The number of amides is 1. The summed E-state index contributed by atoms with van der Waals surface area (Å²) in [4.78, 5) is 13.9. The summed E-state index contributed by atoms with van der Waals surface area (Å²) in [6.07, 6.45) is 2.40. The molecular formula is C13H17ClN2O. The lowest BCUT2D eigenvalue weighted by Crippen LogP contribution is -2.30. The smallest absolute Gasteiger partial charge is 0.238 e. The highest BCUT2D eigenvalue weighted by molar-refractivity contribution is 6.31. The van der Waals surface area contributed by atoms with E-state index in [0.29, 0.717) is 11.6 Å². The van der Waals surface area contributed by atoms with Crippen LogP contribution in [0.1, 0.15) is 18.4 Å². The van der Waals surface area contributed by atoms with Crippen LogP contribution in [-0.4, -0.2) is 30.4 Å². The van der Waals surface area contributed by atoms with Crippen molar-refractivity contribution < 1.29 is 4.79 Å². The lowest BCUT2D eigenvalue weighted by atomic mass is 10.2. The molecule has 4 heteroatoms. The molecule has 0 aromatic heterocycles. The number of anilines is 1. The van der Waals surface area contributed by atoms with Crippen LogP contribution in [-0.2, 0) is 4.79 Å². The number of benzene rings is 1. The zero-order chi connectivity index (χ0) is 12.3. The first-order valence-corrected chi connectivity index (χ1v) is 6.31. The summed E-state index contributed by atoms with van der Waals surface area (Å²) in [5.74, 6) is 0.0341. The molecule has 1 saturated heterocycles. The van der Waals surface area contributed by atoms with Crippen LogP contribution in [0.25, 0.3) is 0 Å². The summed E-state index contributed by atoms with van der Waals surface area (Å²) in [5, 5.41) is 3.56.